The zero-order chi connectivity index (χ0) is 23.1. The molecule has 2 aromatic heterocycles. The second-order valence-electron chi connectivity index (χ2n) is 10.2. The van der Waals surface area contributed by atoms with E-state index in [9.17, 15) is 18.6 Å². The number of fused-ring (bicyclic) bond motifs is 1. The van der Waals surface area contributed by atoms with Crippen LogP contribution in [-0.2, 0) is 10.0 Å². The van der Waals surface area contributed by atoms with Crippen LogP contribution >= 0.6 is 0 Å². The smallest absolute Gasteiger partial charge is 0.214 e. The van der Waals surface area contributed by atoms with Crippen LogP contribution in [0.4, 0.5) is 5.82 Å². The molecule has 0 spiro atoms. The number of H-pyrrole nitrogens is 1. The summed E-state index contributed by atoms with van der Waals surface area (Å²) in [7, 11) is -1.41. The Kier molecular flexibility index (Phi) is 6.26. The predicted molar refractivity (Wildman–Crippen MR) is 124 cm³/mol. The molecule has 0 radical (unpaired) electrons. The summed E-state index contributed by atoms with van der Waals surface area (Å²) >= 11 is 0. The first-order valence-electron chi connectivity index (χ1n) is 11.3. The number of aliphatic hydroxyl groups is 2. The number of aromatic nitrogens is 3. The maximum Gasteiger partial charge on any atom is 0.214 e. The largest absolute Gasteiger partial charge is 0.396 e. The third kappa shape index (κ3) is 4.02. The van der Waals surface area contributed by atoms with E-state index in [1.54, 1.807) is 6.33 Å². The van der Waals surface area contributed by atoms with Crippen molar-refractivity contribution in [3.05, 3.63) is 18.6 Å². The summed E-state index contributed by atoms with van der Waals surface area (Å²) in [6.07, 6.45) is 6.94. The molecule has 178 valence electrons. The molecule has 3 N–H and O–H groups in total. The lowest BCUT2D eigenvalue weighted by atomic mass is 9.69. The lowest BCUT2D eigenvalue weighted by Crippen LogP contribution is -2.41. The molecule has 1 aliphatic carbocycles. The van der Waals surface area contributed by atoms with Gasteiger partial charge in [-0.05, 0) is 37.7 Å². The highest BCUT2D eigenvalue weighted by molar-refractivity contribution is 7.89. The summed E-state index contributed by atoms with van der Waals surface area (Å²) in [6.45, 7) is 3.92. The molecule has 0 unspecified atom stereocenters. The molecule has 0 aromatic carbocycles. The van der Waals surface area contributed by atoms with Crippen molar-refractivity contribution in [1.29, 1.82) is 0 Å². The average Bonchev–Trinajstić information content (AvgIpc) is 3.37. The van der Waals surface area contributed by atoms with Crippen molar-refractivity contribution in [3.63, 3.8) is 0 Å². The van der Waals surface area contributed by atoms with Gasteiger partial charge in [-0.3, -0.25) is 0 Å². The number of nitrogens with zero attached hydrogens (tertiary/aromatic N) is 4. The number of aromatic amines is 1. The van der Waals surface area contributed by atoms with Crippen LogP contribution in [0.25, 0.3) is 11.0 Å². The Labute approximate surface area is 189 Å². The van der Waals surface area contributed by atoms with E-state index < -0.39 is 20.9 Å². The highest BCUT2D eigenvalue weighted by atomic mass is 32.2. The van der Waals surface area contributed by atoms with Crippen molar-refractivity contribution in [2.45, 2.75) is 45.6 Å². The van der Waals surface area contributed by atoms with Crippen LogP contribution in [0.3, 0.4) is 0 Å². The Hall–Kier alpha value is -1.75. The van der Waals surface area contributed by atoms with Crippen molar-refractivity contribution in [3.8, 4) is 0 Å². The highest BCUT2D eigenvalue weighted by Crippen LogP contribution is 2.46. The molecule has 2 aliphatic rings. The number of nitrogens with one attached hydrogen (secondary N) is 1. The maximum atomic E-state index is 13.2. The Balaban J connectivity index is 1.38. The Morgan fingerprint density at radius 3 is 2.34 bits per heavy atom. The minimum atomic E-state index is -3.46. The van der Waals surface area contributed by atoms with Crippen molar-refractivity contribution >= 4 is 26.9 Å². The number of sulfonamides is 1. The fourth-order valence-electron chi connectivity index (χ4n) is 5.31. The fraction of sp³-hybridized carbons (Fsp3) is 0.727. The van der Waals surface area contributed by atoms with Crippen molar-refractivity contribution in [2.24, 2.45) is 16.7 Å². The van der Waals surface area contributed by atoms with Crippen molar-refractivity contribution in [2.75, 3.05) is 44.0 Å². The van der Waals surface area contributed by atoms with Gasteiger partial charge in [0.2, 0.25) is 10.0 Å². The van der Waals surface area contributed by atoms with Crippen molar-refractivity contribution < 1.29 is 18.6 Å². The van der Waals surface area contributed by atoms with Gasteiger partial charge in [0.15, 0.2) is 0 Å². The molecule has 1 saturated heterocycles. The summed E-state index contributed by atoms with van der Waals surface area (Å²) in [5.74, 6) is 1.14. The van der Waals surface area contributed by atoms with E-state index in [-0.39, 0.29) is 38.0 Å². The number of aliphatic hydroxyl groups excluding tert-OH is 2. The molecule has 2 aromatic rings. The quantitative estimate of drug-likeness (QED) is 0.567. The minimum absolute atomic E-state index is 0.115. The maximum absolute atomic E-state index is 13.2. The van der Waals surface area contributed by atoms with Crippen LogP contribution in [0.15, 0.2) is 18.6 Å². The summed E-state index contributed by atoms with van der Waals surface area (Å²) < 4.78 is 27.9. The molecule has 0 bridgehead atoms. The number of rotatable bonds is 7. The van der Waals surface area contributed by atoms with Crippen LogP contribution in [0.1, 0.15) is 39.5 Å². The molecule has 2 atom stereocenters. The number of anilines is 1. The molecule has 10 heteroatoms. The normalized spacial score (nSPS) is 31.9. The molecule has 4 rings (SSSR count). The fourth-order valence-corrected chi connectivity index (χ4v) is 7.41. The first kappa shape index (κ1) is 23.4. The van der Waals surface area contributed by atoms with E-state index in [2.05, 4.69) is 19.9 Å². The van der Waals surface area contributed by atoms with Crippen LogP contribution < -0.4 is 4.90 Å². The lowest BCUT2D eigenvalue weighted by molar-refractivity contribution is 0.00976. The topological polar surface area (TPSA) is 123 Å². The van der Waals surface area contributed by atoms with Gasteiger partial charge in [-0.15, -0.1) is 0 Å². The molecule has 9 nitrogen and oxygen atoms in total. The van der Waals surface area contributed by atoms with Gasteiger partial charge in [0.05, 0.1) is 24.4 Å². The summed E-state index contributed by atoms with van der Waals surface area (Å²) in [4.78, 5) is 14.0. The Morgan fingerprint density at radius 1 is 1.12 bits per heavy atom. The van der Waals surface area contributed by atoms with Gasteiger partial charge in [0, 0.05) is 43.2 Å². The summed E-state index contributed by atoms with van der Waals surface area (Å²) in [5, 5.41) is 20.7. The molecular weight excluding hydrogens is 430 g/mol. The van der Waals surface area contributed by atoms with Crippen LogP contribution in [0, 0.1) is 16.7 Å². The Morgan fingerprint density at radius 2 is 1.75 bits per heavy atom. The van der Waals surface area contributed by atoms with E-state index >= 15 is 0 Å². The van der Waals surface area contributed by atoms with Gasteiger partial charge < -0.3 is 20.1 Å². The zero-order valence-corrected chi connectivity index (χ0v) is 20.0. The van der Waals surface area contributed by atoms with Gasteiger partial charge in [-0.2, -0.15) is 0 Å². The number of hydrogen-bond donors (Lipinski definition) is 3. The number of hydrogen-bond acceptors (Lipinski definition) is 7. The molecule has 1 aliphatic heterocycles. The van der Waals surface area contributed by atoms with Crippen LogP contribution in [0.5, 0.6) is 0 Å². The predicted octanol–water partition coefficient (Wildman–Crippen LogP) is 1.60. The summed E-state index contributed by atoms with van der Waals surface area (Å²) in [5.41, 5.74) is -0.468. The molecular formula is C22H35N5O4S. The summed E-state index contributed by atoms with van der Waals surface area (Å²) in [6, 6.07) is 2.29. The lowest BCUT2D eigenvalue weighted by Gasteiger charge is -2.36. The molecule has 1 saturated carbocycles. The third-order valence-corrected chi connectivity index (χ3v) is 10.0. The van der Waals surface area contributed by atoms with Crippen molar-refractivity contribution in [1.82, 2.24) is 19.3 Å². The first-order valence-corrected chi connectivity index (χ1v) is 12.9. The van der Waals surface area contributed by atoms with Gasteiger partial charge in [-0.1, -0.05) is 13.8 Å². The van der Waals surface area contributed by atoms with Gasteiger partial charge in [-0.25, -0.2) is 22.7 Å². The minimum Gasteiger partial charge on any atom is -0.396 e. The second-order valence-corrected chi connectivity index (χ2v) is 12.2. The average molecular weight is 466 g/mol. The van der Waals surface area contributed by atoms with Gasteiger partial charge >= 0.3 is 0 Å². The van der Waals surface area contributed by atoms with E-state index in [4.69, 9.17) is 0 Å². The Bertz CT molecular complexity index is 1030. The van der Waals surface area contributed by atoms with Crippen LogP contribution in [-0.4, -0.2) is 83.0 Å². The standard InChI is InChI=1S/C22H35N5O4S/c1-21(13-28)11-27(12-22(21,2)14-29)32(30,31)10-16-4-6-17(7-5-16)26(3)20-18-8-9-23-19(18)24-15-25-20/h8-9,15-17,28-29H,4-7,10-14H2,1-3H3,(H,23,24,25)/t16?,17?,21-,22+. The highest BCUT2D eigenvalue weighted by Gasteiger charge is 2.54. The molecule has 32 heavy (non-hydrogen) atoms. The van der Waals surface area contributed by atoms with E-state index in [0.29, 0.717) is 6.04 Å². The first-order chi connectivity index (χ1) is 15.1. The third-order valence-electron chi connectivity index (χ3n) is 8.08. The van der Waals surface area contributed by atoms with Crippen LogP contribution in [0.2, 0.25) is 0 Å². The zero-order valence-electron chi connectivity index (χ0n) is 19.2. The van der Waals surface area contributed by atoms with Gasteiger partial charge in [0.1, 0.15) is 17.8 Å². The molecule has 0 amide bonds. The van der Waals surface area contributed by atoms with E-state index in [1.807, 2.05) is 33.2 Å². The van der Waals surface area contributed by atoms with E-state index in [0.717, 1.165) is 42.5 Å². The molecule has 3 heterocycles. The van der Waals surface area contributed by atoms with E-state index in [1.165, 1.54) is 4.31 Å². The SMILES string of the molecule is CN(c1ncnc2[nH]ccc12)C1CCC(CS(=O)(=O)N2C[C@](C)(CO)[C@](C)(CO)C2)CC1. The van der Waals surface area contributed by atoms with Gasteiger partial charge in [0.25, 0.3) is 0 Å². The second kappa shape index (κ2) is 8.55. The molecule has 2 fully saturated rings. The monoisotopic (exact) mass is 465 g/mol.